The highest BCUT2D eigenvalue weighted by atomic mass is 35.5. The lowest BCUT2D eigenvalue weighted by Gasteiger charge is -2.18. The number of anilines is 6. The van der Waals surface area contributed by atoms with Crippen LogP contribution in [0.25, 0.3) is 0 Å². The minimum atomic E-state index is -5.77. The molecule has 0 aliphatic carbocycles. The van der Waals surface area contributed by atoms with Crippen LogP contribution in [0.3, 0.4) is 0 Å². The summed E-state index contributed by atoms with van der Waals surface area (Å²) in [6.07, 6.45) is -4.15. The maximum atomic E-state index is 13.5. The van der Waals surface area contributed by atoms with E-state index < -0.39 is 29.7 Å². The number of rotatable bonds is 5. The normalized spacial score (nSPS) is 15.1. The van der Waals surface area contributed by atoms with Crippen LogP contribution < -0.4 is 21.3 Å². The zero-order valence-corrected chi connectivity index (χ0v) is 28.4. The molecule has 4 N–H and O–H groups in total. The Kier molecular flexibility index (Phi) is 12.0. The molecule has 2 aliphatic rings. The molecule has 0 saturated carbocycles. The number of pyridine rings is 1. The van der Waals surface area contributed by atoms with E-state index in [-0.39, 0.29) is 24.3 Å². The first kappa shape index (κ1) is 39.4. The van der Waals surface area contributed by atoms with E-state index >= 15 is 0 Å². The molecule has 284 valence electrons. The number of aromatic nitrogens is 3. The van der Waals surface area contributed by atoms with Gasteiger partial charge in [-0.25, -0.2) is 14.2 Å². The van der Waals surface area contributed by atoms with Crippen molar-refractivity contribution >= 4 is 69.6 Å². The lowest BCUT2D eigenvalue weighted by atomic mass is 10.0. The van der Waals surface area contributed by atoms with Crippen molar-refractivity contribution in [1.82, 2.24) is 19.9 Å². The Morgan fingerprint density at radius 1 is 0.870 bits per heavy atom. The average Bonchev–Trinajstić information content (AvgIpc) is 3.57. The number of halogens is 8. The maximum Gasteiger partial charge on any atom is 0.458 e. The molecule has 4 heterocycles. The molecule has 6 rings (SSSR count). The first-order valence-corrected chi connectivity index (χ1v) is 16.3. The summed E-state index contributed by atoms with van der Waals surface area (Å²) in [5.74, 6) is -6.49. The van der Waals surface area contributed by atoms with Crippen molar-refractivity contribution in [2.24, 2.45) is 5.92 Å². The SMILES string of the molecule is O=C(C(=O)C(F)(F)F)C(F)(F)F.O=C(C[C@@H]1CCN(C(=O)Nc2cccc(F)c2)C1)Nc1ccc2cc1CCc1cncc(c1)Nc1ncc(Cl)c(n1)N2. The number of ketones is 2. The van der Waals surface area contributed by atoms with Crippen molar-refractivity contribution in [2.75, 3.05) is 34.4 Å². The van der Waals surface area contributed by atoms with E-state index in [2.05, 4.69) is 36.2 Å². The van der Waals surface area contributed by atoms with Gasteiger partial charge in [0.25, 0.3) is 0 Å². The number of nitrogens with one attached hydrogen (secondary N) is 4. The Hall–Kier alpha value is -5.85. The Labute approximate surface area is 306 Å². The van der Waals surface area contributed by atoms with E-state index in [1.807, 2.05) is 30.5 Å². The molecule has 6 bridgehead atoms. The van der Waals surface area contributed by atoms with Gasteiger partial charge < -0.3 is 26.2 Å². The van der Waals surface area contributed by atoms with Crippen LogP contribution in [-0.2, 0) is 27.2 Å². The molecule has 3 amide bonds. The smallest absolute Gasteiger partial charge is 0.339 e. The summed E-state index contributed by atoms with van der Waals surface area (Å²) in [7, 11) is 0. The fourth-order valence-corrected chi connectivity index (χ4v) is 5.56. The fourth-order valence-electron chi connectivity index (χ4n) is 5.43. The van der Waals surface area contributed by atoms with Gasteiger partial charge in [-0.3, -0.25) is 19.4 Å². The van der Waals surface area contributed by atoms with Crippen molar-refractivity contribution in [3.63, 3.8) is 0 Å². The molecule has 0 spiro atoms. The highest BCUT2D eigenvalue weighted by Gasteiger charge is 2.54. The highest BCUT2D eigenvalue weighted by molar-refractivity contribution is 6.41. The van der Waals surface area contributed by atoms with E-state index in [0.717, 1.165) is 28.2 Å². The minimum Gasteiger partial charge on any atom is -0.339 e. The number of amides is 3. The maximum absolute atomic E-state index is 13.5. The lowest BCUT2D eigenvalue weighted by Crippen LogP contribution is -2.39. The quantitative estimate of drug-likeness (QED) is 0.120. The molecular weight excluding hydrogens is 753 g/mol. The number of hydrogen-bond donors (Lipinski definition) is 4. The summed E-state index contributed by atoms with van der Waals surface area (Å²) in [6, 6.07) is 13.2. The first-order valence-electron chi connectivity index (χ1n) is 15.9. The van der Waals surface area contributed by atoms with Gasteiger partial charge in [-0.2, -0.15) is 31.3 Å². The van der Waals surface area contributed by atoms with E-state index in [1.54, 1.807) is 23.2 Å². The fraction of sp³-hybridized carbons (Fsp3) is 0.265. The second-order valence-electron chi connectivity index (χ2n) is 12.0. The third-order valence-corrected chi connectivity index (χ3v) is 8.24. The number of hydrogen-bond acceptors (Lipinski definition) is 9. The van der Waals surface area contributed by atoms with Crippen LogP contribution >= 0.6 is 11.6 Å². The standard InChI is InChI=1S/C30H28ClFN8O2.C4F6O2/c31-25-16-34-29-36-24-10-18(14-33-15-24)4-5-20-12-23(35-28(25)39-29)6-7-26(20)38-27(41)11-19-8-9-40(17-19)30(42)37-22-3-1-2-21(32)13-22;5-3(6,7)1(11)2(12)4(8,9)10/h1-3,6-7,10,12-16,19H,4-5,8-9,11,17H2,(H,37,42)(H,38,41)(H2,34,35,36,39);/t19-;/m0./s1. The minimum absolute atomic E-state index is 0.0182. The number of benzene rings is 2. The highest BCUT2D eigenvalue weighted by Crippen LogP contribution is 2.30. The number of alkyl halides is 6. The van der Waals surface area contributed by atoms with Crippen molar-refractivity contribution in [2.45, 2.75) is 38.0 Å². The largest absolute Gasteiger partial charge is 0.458 e. The summed E-state index contributed by atoms with van der Waals surface area (Å²) < 4.78 is 80.4. The number of nitrogens with zero attached hydrogens (tertiary/aromatic N) is 4. The molecular formula is C34H28ClF7N8O4. The number of carbonyl (C=O) groups excluding carboxylic acids is 4. The van der Waals surface area contributed by atoms with Crippen molar-refractivity contribution in [1.29, 1.82) is 0 Å². The third-order valence-electron chi connectivity index (χ3n) is 7.96. The van der Waals surface area contributed by atoms with Gasteiger partial charge in [-0.1, -0.05) is 17.7 Å². The molecule has 0 radical (unpaired) electrons. The van der Waals surface area contributed by atoms with Crippen LogP contribution in [0.15, 0.2) is 67.1 Å². The van der Waals surface area contributed by atoms with Gasteiger partial charge in [0.1, 0.15) is 10.8 Å². The van der Waals surface area contributed by atoms with Crippen molar-refractivity contribution < 1.29 is 49.9 Å². The van der Waals surface area contributed by atoms with Gasteiger partial charge in [0.2, 0.25) is 11.9 Å². The summed E-state index contributed by atoms with van der Waals surface area (Å²) in [5.41, 5.74) is 4.61. The number of Topliss-reactive ketones (excluding diaryl/α,β-unsaturated/α-hetero) is 2. The van der Waals surface area contributed by atoms with Crippen LogP contribution in [0.5, 0.6) is 0 Å². The molecule has 2 aliphatic heterocycles. The molecule has 54 heavy (non-hydrogen) atoms. The van der Waals surface area contributed by atoms with Gasteiger partial charge in [0.05, 0.1) is 18.1 Å². The Morgan fingerprint density at radius 2 is 1.61 bits per heavy atom. The monoisotopic (exact) mass is 780 g/mol. The van der Waals surface area contributed by atoms with Gasteiger partial charge >= 0.3 is 30.0 Å². The first-order chi connectivity index (χ1) is 25.4. The Bertz CT molecular complexity index is 2040. The Balaban J connectivity index is 0.000000404. The number of carbonyl (C=O) groups is 4. The van der Waals surface area contributed by atoms with Gasteiger partial charge in [-0.05, 0) is 78.8 Å². The van der Waals surface area contributed by atoms with E-state index in [0.29, 0.717) is 54.8 Å². The topological polar surface area (TPSA) is 158 Å². The zero-order valence-electron chi connectivity index (χ0n) is 27.6. The molecule has 1 fully saturated rings. The summed E-state index contributed by atoms with van der Waals surface area (Å²) in [5, 5.41) is 12.6. The number of likely N-dealkylation sites (tertiary alicyclic amines) is 1. The Morgan fingerprint density at radius 3 is 2.31 bits per heavy atom. The second-order valence-corrected chi connectivity index (χ2v) is 12.4. The molecule has 0 unspecified atom stereocenters. The van der Waals surface area contributed by atoms with Crippen molar-refractivity contribution in [3.05, 3.63) is 89.1 Å². The molecule has 1 saturated heterocycles. The molecule has 2 aromatic carbocycles. The van der Waals surface area contributed by atoms with Crippen molar-refractivity contribution in [3.8, 4) is 0 Å². The second kappa shape index (κ2) is 16.4. The van der Waals surface area contributed by atoms with Crippen LogP contribution in [0, 0.1) is 11.7 Å². The van der Waals surface area contributed by atoms with Crippen LogP contribution in [0.1, 0.15) is 24.0 Å². The molecule has 4 aromatic rings. The van der Waals surface area contributed by atoms with Gasteiger partial charge in [0.15, 0.2) is 5.82 Å². The predicted octanol–water partition coefficient (Wildman–Crippen LogP) is 7.38. The zero-order chi connectivity index (χ0) is 39.2. The molecule has 12 nitrogen and oxygen atoms in total. The van der Waals surface area contributed by atoms with E-state index in [9.17, 15) is 49.9 Å². The van der Waals surface area contributed by atoms with E-state index in [1.165, 1.54) is 18.3 Å². The van der Waals surface area contributed by atoms with Crippen LogP contribution in [0.4, 0.5) is 70.0 Å². The van der Waals surface area contributed by atoms with Gasteiger partial charge in [-0.15, -0.1) is 0 Å². The van der Waals surface area contributed by atoms with Crippen LogP contribution in [0.2, 0.25) is 5.02 Å². The summed E-state index contributed by atoms with van der Waals surface area (Å²) in [6.45, 7) is 0.976. The molecule has 20 heteroatoms. The van der Waals surface area contributed by atoms with Crippen LogP contribution in [-0.4, -0.2) is 68.8 Å². The third kappa shape index (κ3) is 10.6. The molecule has 2 aromatic heterocycles. The lowest BCUT2D eigenvalue weighted by molar-refractivity contribution is -0.193. The number of urea groups is 1. The molecule has 1 atom stereocenters. The summed E-state index contributed by atoms with van der Waals surface area (Å²) >= 11 is 6.36. The predicted molar refractivity (Wildman–Crippen MR) is 182 cm³/mol. The van der Waals surface area contributed by atoms with E-state index in [4.69, 9.17) is 11.6 Å². The number of fused-ring (bicyclic) bond motifs is 6. The summed E-state index contributed by atoms with van der Waals surface area (Å²) in [4.78, 5) is 59.8. The average molecular weight is 781 g/mol. The van der Waals surface area contributed by atoms with Gasteiger partial charge in [0, 0.05) is 42.8 Å². The number of aryl methyl sites for hydroxylation is 2.